The van der Waals surface area contributed by atoms with Gasteiger partial charge in [-0.3, -0.25) is 14.4 Å². The van der Waals surface area contributed by atoms with Gasteiger partial charge in [0.15, 0.2) is 5.16 Å². The molecule has 0 atom stereocenters. The van der Waals surface area contributed by atoms with Gasteiger partial charge in [-0.1, -0.05) is 30.0 Å². The van der Waals surface area contributed by atoms with Crippen LogP contribution in [-0.2, 0) is 14.3 Å². The number of esters is 1. The number of carbonyl (C=O) groups is 2. The van der Waals surface area contributed by atoms with E-state index in [2.05, 4.69) is 15.3 Å². The van der Waals surface area contributed by atoms with E-state index < -0.39 is 0 Å². The molecule has 0 saturated carbocycles. The third-order valence-corrected chi connectivity index (χ3v) is 5.33. The standard InChI is InChI=1S/C22H24N4O4S/c1-3-30-20(28)9-6-12-23-19(27)14-31-22-25-17-8-5-4-7-16(17)21(29)26(22)18-11-10-15(2)13-24-18/h4-5,7-8,10-11,13H,3,6,9,12,14H2,1-2H3,(H,23,27). The van der Waals surface area contributed by atoms with E-state index in [1.54, 1.807) is 37.4 Å². The van der Waals surface area contributed by atoms with E-state index in [1.165, 1.54) is 4.57 Å². The number of benzene rings is 1. The van der Waals surface area contributed by atoms with Crippen molar-refractivity contribution >= 4 is 34.5 Å². The monoisotopic (exact) mass is 440 g/mol. The molecule has 1 N–H and O–H groups in total. The van der Waals surface area contributed by atoms with Crippen molar-refractivity contribution in [3.63, 3.8) is 0 Å². The number of hydrogen-bond acceptors (Lipinski definition) is 7. The highest BCUT2D eigenvalue weighted by molar-refractivity contribution is 7.99. The Kier molecular flexibility index (Phi) is 7.77. The molecule has 3 aromatic rings. The number of pyridine rings is 1. The van der Waals surface area contributed by atoms with Gasteiger partial charge in [0.1, 0.15) is 5.82 Å². The van der Waals surface area contributed by atoms with Crippen LogP contribution in [0.2, 0.25) is 0 Å². The van der Waals surface area contributed by atoms with Crippen molar-refractivity contribution < 1.29 is 14.3 Å². The van der Waals surface area contributed by atoms with Crippen LogP contribution in [0.15, 0.2) is 52.5 Å². The molecule has 2 aromatic heterocycles. The van der Waals surface area contributed by atoms with E-state index in [9.17, 15) is 14.4 Å². The number of hydrogen-bond donors (Lipinski definition) is 1. The average Bonchev–Trinajstić information content (AvgIpc) is 2.76. The number of nitrogens with one attached hydrogen (secondary N) is 1. The Hall–Kier alpha value is -3.20. The van der Waals surface area contributed by atoms with Gasteiger partial charge in [0.25, 0.3) is 5.56 Å². The lowest BCUT2D eigenvalue weighted by molar-refractivity contribution is -0.143. The lowest BCUT2D eigenvalue weighted by Crippen LogP contribution is -2.28. The summed E-state index contributed by atoms with van der Waals surface area (Å²) in [6.45, 7) is 4.39. The van der Waals surface area contributed by atoms with Crippen LogP contribution in [0.1, 0.15) is 25.3 Å². The maximum Gasteiger partial charge on any atom is 0.305 e. The van der Waals surface area contributed by atoms with Crippen molar-refractivity contribution in [1.29, 1.82) is 0 Å². The summed E-state index contributed by atoms with van der Waals surface area (Å²) in [7, 11) is 0. The fourth-order valence-corrected chi connectivity index (χ4v) is 3.71. The molecule has 0 unspecified atom stereocenters. The van der Waals surface area contributed by atoms with Gasteiger partial charge in [-0.15, -0.1) is 0 Å². The van der Waals surface area contributed by atoms with E-state index in [4.69, 9.17) is 4.74 Å². The highest BCUT2D eigenvalue weighted by Gasteiger charge is 2.15. The van der Waals surface area contributed by atoms with Gasteiger partial charge in [-0.05, 0) is 44.0 Å². The van der Waals surface area contributed by atoms with Crippen LogP contribution < -0.4 is 10.9 Å². The first-order valence-electron chi connectivity index (χ1n) is 9.99. The van der Waals surface area contributed by atoms with Crippen LogP contribution in [-0.4, -0.2) is 45.3 Å². The average molecular weight is 441 g/mol. The molecule has 0 aliphatic carbocycles. The summed E-state index contributed by atoms with van der Waals surface area (Å²) in [4.78, 5) is 45.7. The molecule has 162 valence electrons. The van der Waals surface area contributed by atoms with Crippen LogP contribution in [0, 0.1) is 6.92 Å². The molecule has 3 rings (SSSR count). The van der Waals surface area contributed by atoms with Gasteiger partial charge in [0, 0.05) is 19.2 Å². The van der Waals surface area contributed by atoms with Crippen molar-refractivity contribution in [2.24, 2.45) is 0 Å². The number of rotatable bonds is 9. The summed E-state index contributed by atoms with van der Waals surface area (Å²) in [5, 5.41) is 3.64. The normalized spacial score (nSPS) is 10.8. The van der Waals surface area contributed by atoms with E-state index in [0.29, 0.717) is 41.4 Å². The minimum absolute atomic E-state index is 0.0794. The molecular formula is C22H24N4O4S. The third-order valence-electron chi connectivity index (χ3n) is 4.39. The van der Waals surface area contributed by atoms with Crippen molar-refractivity contribution in [3.8, 4) is 5.82 Å². The van der Waals surface area contributed by atoms with Crippen LogP contribution in [0.25, 0.3) is 16.7 Å². The number of fused-ring (bicyclic) bond motifs is 1. The van der Waals surface area contributed by atoms with Crippen molar-refractivity contribution in [2.75, 3.05) is 18.9 Å². The summed E-state index contributed by atoms with van der Waals surface area (Å²) < 4.78 is 6.29. The minimum atomic E-state index is -0.277. The number of nitrogens with zero attached hydrogens (tertiary/aromatic N) is 3. The molecule has 9 heteroatoms. The Labute approximate surface area is 184 Å². The van der Waals surface area contributed by atoms with Gasteiger partial charge in [0.2, 0.25) is 5.91 Å². The number of para-hydroxylation sites is 1. The Morgan fingerprint density at radius 1 is 1.19 bits per heavy atom. The lowest BCUT2D eigenvalue weighted by Gasteiger charge is -2.12. The maximum atomic E-state index is 13.1. The molecule has 2 heterocycles. The highest BCUT2D eigenvalue weighted by Crippen LogP contribution is 2.20. The predicted octanol–water partition coefficient (Wildman–Crippen LogP) is 2.64. The predicted molar refractivity (Wildman–Crippen MR) is 119 cm³/mol. The summed E-state index contributed by atoms with van der Waals surface area (Å²) in [6, 6.07) is 10.7. The molecule has 0 bridgehead atoms. The molecule has 0 fully saturated rings. The Morgan fingerprint density at radius 3 is 2.74 bits per heavy atom. The van der Waals surface area contributed by atoms with E-state index in [-0.39, 0.29) is 29.6 Å². The summed E-state index contributed by atoms with van der Waals surface area (Å²) in [5.74, 6) is 0.0442. The maximum absolute atomic E-state index is 13.1. The second-order valence-corrected chi connectivity index (χ2v) is 7.74. The fraction of sp³-hybridized carbons (Fsp3) is 0.318. The number of aryl methyl sites for hydroxylation is 1. The zero-order valence-electron chi connectivity index (χ0n) is 17.5. The van der Waals surface area contributed by atoms with Crippen molar-refractivity contribution in [1.82, 2.24) is 19.9 Å². The van der Waals surface area contributed by atoms with Crippen LogP contribution in [0.4, 0.5) is 0 Å². The van der Waals surface area contributed by atoms with Crippen molar-refractivity contribution in [3.05, 3.63) is 58.5 Å². The summed E-state index contributed by atoms with van der Waals surface area (Å²) in [6.07, 6.45) is 2.44. The SMILES string of the molecule is CCOC(=O)CCCNC(=O)CSc1nc2ccccc2c(=O)n1-c1ccc(C)cn1. The van der Waals surface area contributed by atoms with Crippen LogP contribution >= 0.6 is 11.8 Å². The smallest absolute Gasteiger partial charge is 0.305 e. The van der Waals surface area contributed by atoms with Crippen LogP contribution in [0.5, 0.6) is 0 Å². The minimum Gasteiger partial charge on any atom is -0.466 e. The molecule has 0 spiro atoms. The number of ether oxygens (including phenoxy) is 1. The fourth-order valence-electron chi connectivity index (χ4n) is 2.88. The molecule has 1 amide bonds. The van der Waals surface area contributed by atoms with Gasteiger partial charge >= 0.3 is 5.97 Å². The number of thioether (sulfide) groups is 1. The van der Waals surface area contributed by atoms with E-state index in [1.807, 2.05) is 19.1 Å². The first-order chi connectivity index (χ1) is 15.0. The quantitative estimate of drug-likeness (QED) is 0.236. The number of aromatic nitrogens is 3. The highest BCUT2D eigenvalue weighted by atomic mass is 32.2. The molecule has 31 heavy (non-hydrogen) atoms. The Bertz CT molecular complexity index is 1130. The molecule has 0 saturated heterocycles. The van der Waals surface area contributed by atoms with Crippen molar-refractivity contribution in [2.45, 2.75) is 31.8 Å². The molecule has 0 aliphatic rings. The van der Waals surface area contributed by atoms with E-state index in [0.717, 1.165) is 17.3 Å². The Balaban J connectivity index is 1.74. The molecule has 0 aliphatic heterocycles. The summed E-state index contributed by atoms with van der Waals surface area (Å²) in [5.41, 5.74) is 1.30. The second-order valence-electron chi connectivity index (χ2n) is 6.79. The molecule has 8 nitrogen and oxygen atoms in total. The van der Waals surface area contributed by atoms with Crippen LogP contribution in [0.3, 0.4) is 0 Å². The van der Waals surface area contributed by atoms with Gasteiger partial charge < -0.3 is 10.1 Å². The zero-order chi connectivity index (χ0) is 22.2. The van der Waals surface area contributed by atoms with Gasteiger partial charge in [-0.25, -0.2) is 14.5 Å². The second kappa shape index (κ2) is 10.7. The molecular weight excluding hydrogens is 416 g/mol. The Morgan fingerprint density at radius 2 is 2.00 bits per heavy atom. The number of carbonyl (C=O) groups excluding carboxylic acids is 2. The van der Waals surface area contributed by atoms with E-state index >= 15 is 0 Å². The first-order valence-corrected chi connectivity index (χ1v) is 11.0. The molecule has 1 aromatic carbocycles. The third kappa shape index (κ3) is 5.91. The topological polar surface area (TPSA) is 103 Å². The number of amides is 1. The first kappa shape index (κ1) is 22.5. The van der Waals surface area contributed by atoms with Gasteiger partial charge in [-0.2, -0.15) is 0 Å². The molecule has 0 radical (unpaired) electrons. The zero-order valence-corrected chi connectivity index (χ0v) is 18.3. The summed E-state index contributed by atoms with van der Waals surface area (Å²) >= 11 is 1.16. The lowest BCUT2D eigenvalue weighted by atomic mass is 10.2. The van der Waals surface area contributed by atoms with Gasteiger partial charge in [0.05, 0.1) is 23.3 Å². The largest absolute Gasteiger partial charge is 0.466 e.